The number of aliphatic hydroxyl groups is 1. The maximum Gasteiger partial charge on any atom is 0.0468 e. The van der Waals surface area contributed by atoms with Crippen molar-refractivity contribution in [1.29, 1.82) is 0 Å². The van der Waals surface area contributed by atoms with Crippen LogP contribution in [0, 0.1) is 0 Å². The highest BCUT2D eigenvalue weighted by molar-refractivity contribution is 4.99. The largest absolute Gasteiger partial charge is 0.396 e. The van der Waals surface area contributed by atoms with Crippen LogP contribution in [0.1, 0.15) is 52.4 Å². The van der Waals surface area contributed by atoms with Crippen LogP contribution in [0.2, 0.25) is 0 Å². The molecular weight excluding hydrogens is 148 g/mol. The second kappa shape index (κ2) is 8.79. The number of hydrogen-bond donors (Lipinski definition) is 1. The van der Waals surface area contributed by atoms with Gasteiger partial charge in [0.1, 0.15) is 0 Å². The summed E-state index contributed by atoms with van der Waals surface area (Å²) >= 11 is 0. The maximum absolute atomic E-state index is 8.73. The van der Waals surface area contributed by atoms with Crippen molar-refractivity contribution >= 4 is 0 Å². The molecular formula is C11H22O. The van der Waals surface area contributed by atoms with Crippen molar-refractivity contribution in [3.63, 3.8) is 0 Å². The molecule has 0 unspecified atom stereocenters. The molecule has 0 heterocycles. The van der Waals surface area contributed by atoms with Gasteiger partial charge in [0.25, 0.3) is 0 Å². The average molecular weight is 170 g/mol. The molecule has 72 valence electrons. The molecule has 0 bridgehead atoms. The van der Waals surface area contributed by atoms with Crippen LogP contribution in [0.25, 0.3) is 0 Å². The van der Waals surface area contributed by atoms with Gasteiger partial charge >= 0.3 is 0 Å². The van der Waals surface area contributed by atoms with Gasteiger partial charge in [0.05, 0.1) is 0 Å². The second-order valence-electron chi connectivity index (χ2n) is 3.23. The molecule has 0 aliphatic heterocycles. The van der Waals surface area contributed by atoms with Gasteiger partial charge in [0.2, 0.25) is 0 Å². The predicted molar refractivity (Wildman–Crippen MR) is 54.2 cm³/mol. The lowest BCUT2D eigenvalue weighted by Gasteiger charge is -2.03. The Morgan fingerprint density at radius 3 is 2.42 bits per heavy atom. The minimum absolute atomic E-state index is 0.299. The molecule has 1 nitrogen and oxygen atoms in total. The molecule has 0 amide bonds. The summed E-state index contributed by atoms with van der Waals surface area (Å²) in [6.45, 7) is 4.59. The molecule has 0 saturated carbocycles. The van der Waals surface area contributed by atoms with Gasteiger partial charge in [0, 0.05) is 6.61 Å². The highest BCUT2D eigenvalue weighted by Gasteiger charge is 1.95. The normalized spacial score (nSPS) is 12.1. The van der Waals surface area contributed by atoms with E-state index in [0.29, 0.717) is 6.61 Å². The fraction of sp³-hybridized carbons (Fsp3) is 0.818. The minimum atomic E-state index is 0.299. The Balaban J connectivity index is 3.33. The smallest absolute Gasteiger partial charge is 0.0468 e. The van der Waals surface area contributed by atoms with E-state index < -0.39 is 0 Å². The van der Waals surface area contributed by atoms with Crippen LogP contribution in [0.15, 0.2) is 11.6 Å². The molecule has 0 aliphatic carbocycles. The van der Waals surface area contributed by atoms with Gasteiger partial charge < -0.3 is 5.11 Å². The van der Waals surface area contributed by atoms with Gasteiger partial charge in [-0.05, 0) is 26.2 Å². The molecule has 0 aromatic rings. The molecule has 1 heteroatoms. The number of aliphatic hydroxyl groups excluding tert-OH is 1. The standard InChI is InChI=1S/C11H22O/c1-3-5-6-7-8-11(4-2)9-10-12/h4,12H,3,5-10H2,1-2H3. The lowest BCUT2D eigenvalue weighted by Crippen LogP contribution is -1.89. The van der Waals surface area contributed by atoms with Crippen LogP contribution in [0.4, 0.5) is 0 Å². The van der Waals surface area contributed by atoms with E-state index in [1.165, 1.54) is 37.7 Å². The summed E-state index contributed by atoms with van der Waals surface area (Å²) in [5.74, 6) is 0. The summed E-state index contributed by atoms with van der Waals surface area (Å²) in [4.78, 5) is 0. The Morgan fingerprint density at radius 1 is 1.17 bits per heavy atom. The van der Waals surface area contributed by atoms with E-state index in [-0.39, 0.29) is 0 Å². The zero-order valence-corrected chi connectivity index (χ0v) is 8.47. The zero-order chi connectivity index (χ0) is 9.23. The summed E-state index contributed by atoms with van der Waals surface area (Å²) in [7, 11) is 0. The van der Waals surface area contributed by atoms with E-state index in [2.05, 4.69) is 19.9 Å². The van der Waals surface area contributed by atoms with Crippen LogP contribution in [-0.4, -0.2) is 11.7 Å². The van der Waals surface area contributed by atoms with Crippen LogP contribution in [-0.2, 0) is 0 Å². The van der Waals surface area contributed by atoms with E-state index in [1.807, 2.05) is 0 Å². The summed E-state index contributed by atoms with van der Waals surface area (Å²) in [6.07, 6.45) is 9.44. The first kappa shape index (κ1) is 11.7. The lowest BCUT2D eigenvalue weighted by molar-refractivity contribution is 0.297. The summed E-state index contributed by atoms with van der Waals surface area (Å²) < 4.78 is 0. The fourth-order valence-electron chi connectivity index (χ4n) is 1.34. The molecule has 0 fully saturated rings. The first-order chi connectivity index (χ1) is 5.85. The molecule has 0 saturated heterocycles. The molecule has 12 heavy (non-hydrogen) atoms. The number of hydrogen-bond acceptors (Lipinski definition) is 1. The molecule has 0 aliphatic rings. The average Bonchev–Trinajstić information content (AvgIpc) is 2.10. The van der Waals surface area contributed by atoms with Crippen LogP contribution in [0.3, 0.4) is 0 Å². The number of rotatable bonds is 7. The van der Waals surface area contributed by atoms with Crippen LogP contribution in [0.5, 0.6) is 0 Å². The van der Waals surface area contributed by atoms with Crippen molar-refractivity contribution in [2.24, 2.45) is 0 Å². The molecule has 0 radical (unpaired) electrons. The van der Waals surface area contributed by atoms with Crippen molar-refractivity contribution in [1.82, 2.24) is 0 Å². The first-order valence-corrected chi connectivity index (χ1v) is 5.10. The summed E-state index contributed by atoms with van der Waals surface area (Å²) in [6, 6.07) is 0. The van der Waals surface area contributed by atoms with E-state index in [9.17, 15) is 0 Å². The van der Waals surface area contributed by atoms with Gasteiger partial charge in [-0.1, -0.05) is 37.8 Å². The van der Waals surface area contributed by atoms with E-state index >= 15 is 0 Å². The third-order valence-corrected chi connectivity index (χ3v) is 2.19. The summed E-state index contributed by atoms with van der Waals surface area (Å²) in [5.41, 5.74) is 1.41. The van der Waals surface area contributed by atoms with Crippen molar-refractivity contribution in [3.05, 3.63) is 11.6 Å². The molecule has 1 N–H and O–H groups in total. The third kappa shape index (κ3) is 6.41. The molecule has 0 aromatic carbocycles. The maximum atomic E-state index is 8.73. The zero-order valence-electron chi connectivity index (χ0n) is 8.47. The topological polar surface area (TPSA) is 20.2 Å². The Bertz CT molecular complexity index is 116. The van der Waals surface area contributed by atoms with Gasteiger partial charge in [-0.25, -0.2) is 0 Å². The van der Waals surface area contributed by atoms with Crippen LogP contribution < -0.4 is 0 Å². The quantitative estimate of drug-likeness (QED) is 0.459. The van der Waals surface area contributed by atoms with Crippen LogP contribution >= 0.6 is 0 Å². The Labute approximate surface area is 76.5 Å². The Kier molecular flexibility index (Phi) is 8.57. The van der Waals surface area contributed by atoms with Gasteiger partial charge in [-0.3, -0.25) is 0 Å². The molecule has 0 atom stereocenters. The highest BCUT2D eigenvalue weighted by atomic mass is 16.2. The fourth-order valence-corrected chi connectivity index (χ4v) is 1.34. The molecule has 0 aromatic heterocycles. The lowest BCUT2D eigenvalue weighted by atomic mass is 10.0. The number of unbranched alkanes of at least 4 members (excludes halogenated alkanes) is 3. The van der Waals surface area contributed by atoms with Crippen molar-refractivity contribution in [3.8, 4) is 0 Å². The van der Waals surface area contributed by atoms with Crippen molar-refractivity contribution < 1.29 is 5.11 Å². The highest BCUT2D eigenvalue weighted by Crippen LogP contribution is 2.12. The number of allylic oxidation sites excluding steroid dienone is 1. The molecule has 0 spiro atoms. The second-order valence-corrected chi connectivity index (χ2v) is 3.23. The Morgan fingerprint density at radius 2 is 1.92 bits per heavy atom. The SMILES string of the molecule is CC=C(CCO)CCCCCC. The van der Waals surface area contributed by atoms with Gasteiger partial charge in [0.15, 0.2) is 0 Å². The van der Waals surface area contributed by atoms with Crippen molar-refractivity contribution in [2.75, 3.05) is 6.61 Å². The van der Waals surface area contributed by atoms with E-state index in [1.54, 1.807) is 0 Å². The Hall–Kier alpha value is -0.300. The monoisotopic (exact) mass is 170 g/mol. The van der Waals surface area contributed by atoms with Crippen molar-refractivity contribution in [2.45, 2.75) is 52.4 Å². The predicted octanol–water partition coefficient (Wildman–Crippen LogP) is 3.29. The van der Waals surface area contributed by atoms with Gasteiger partial charge in [-0.15, -0.1) is 0 Å². The van der Waals surface area contributed by atoms with E-state index in [0.717, 1.165) is 6.42 Å². The molecule has 0 rings (SSSR count). The van der Waals surface area contributed by atoms with E-state index in [4.69, 9.17) is 5.11 Å². The third-order valence-electron chi connectivity index (χ3n) is 2.19. The summed E-state index contributed by atoms with van der Waals surface area (Å²) in [5, 5.41) is 8.73. The minimum Gasteiger partial charge on any atom is -0.396 e. The van der Waals surface area contributed by atoms with Gasteiger partial charge in [-0.2, -0.15) is 0 Å². The first-order valence-electron chi connectivity index (χ1n) is 5.10.